The summed E-state index contributed by atoms with van der Waals surface area (Å²) in [6.07, 6.45) is -1.76. The lowest BCUT2D eigenvalue weighted by molar-refractivity contribution is -0.124. The molecule has 0 aliphatic carbocycles. The first-order valence-electron chi connectivity index (χ1n) is 5.71. The van der Waals surface area contributed by atoms with E-state index in [1.54, 1.807) is 12.1 Å². The molecule has 0 saturated heterocycles. The Labute approximate surface area is 134 Å². The molecule has 21 heavy (non-hydrogen) atoms. The number of benzene rings is 1. The normalized spacial score (nSPS) is 15.9. The number of rotatable bonds is 3. The molecule has 0 unspecified atom stereocenters. The molecule has 2 N–H and O–H groups in total. The van der Waals surface area contributed by atoms with Crippen molar-refractivity contribution in [2.24, 2.45) is 0 Å². The minimum atomic E-state index is -2.11. The molecule has 0 bridgehead atoms. The van der Waals surface area contributed by atoms with Gasteiger partial charge in [-0.3, -0.25) is 19.3 Å². The number of aliphatic hydroxyl groups excluding tert-OH is 1. The Morgan fingerprint density at radius 1 is 1.19 bits per heavy atom. The molecule has 0 spiro atoms. The maximum atomic E-state index is 12.0. The van der Waals surface area contributed by atoms with Crippen LogP contribution < -0.4 is 5.32 Å². The average molecular weight is 352 g/mol. The zero-order chi connectivity index (χ0) is 15.8. The minimum Gasteiger partial charge on any atom is -0.369 e. The first kappa shape index (κ1) is 16.0. The van der Waals surface area contributed by atoms with Crippen molar-refractivity contribution in [3.05, 3.63) is 35.4 Å². The molecular weight excluding hydrogens is 343 g/mol. The smallest absolute Gasteiger partial charge is 0.262 e. The molecular formula is C12H9Cl3N2O4. The van der Waals surface area contributed by atoms with Crippen LogP contribution in [0.15, 0.2) is 24.3 Å². The summed E-state index contributed by atoms with van der Waals surface area (Å²) >= 11 is 16.2. The quantitative estimate of drug-likeness (QED) is 0.485. The molecule has 1 aliphatic rings. The topological polar surface area (TPSA) is 86.7 Å². The van der Waals surface area contributed by atoms with Gasteiger partial charge in [-0.1, -0.05) is 46.9 Å². The predicted molar refractivity (Wildman–Crippen MR) is 76.2 cm³/mol. The van der Waals surface area contributed by atoms with E-state index >= 15 is 0 Å². The van der Waals surface area contributed by atoms with Crippen LogP contribution in [0.5, 0.6) is 0 Å². The summed E-state index contributed by atoms with van der Waals surface area (Å²) in [5.74, 6) is -2.01. The number of hydrogen-bond donors (Lipinski definition) is 2. The highest BCUT2D eigenvalue weighted by atomic mass is 35.6. The number of carbonyl (C=O) groups excluding carboxylic acids is 3. The summed E-state index contributed by atoms with van der Waals surface area (Å²) in [6.45, 7) is -0.579. The van der Waals surface area contributed by atoms with Crippen LogP contribution in [0.2, 0.25) is 0 Å². The highest BCUT2D eigenvalue weighted by Gasteiger charge is 2.38. The number of halogens is 3. The Hall–Kier alpha value is -1.34. The lowest BCUT2D eigenvalue weighted by Crippen LogP contribution is -2.48. The molecule has 6 nitrogen and oxygen atoms in total. The Balaban J connectivity index is 2.07. The van der Waals surface area contributed by atoms with Gasteiger partial charge in [-0.15, -0.1) is 0 Å². The van der Waals surface area contributed by atoms with Crippen LogP contribution >= 0.6 is 34.8 Å². The predicted octanol–water partition coefficient (Wildman–Crippen LogP) is 1.09. The van der Waals surface area contributed by atoms with Gasteiger partial charge in [-0.2, -0.15) is 0 Å². The van der Waals surface area contributed by atoms with Crippen molar-refractivity contribution in [2.45, 2.75) is 10.0 Å². The number of imide groups is 1. The SMILES string of the molecule is O=C(CN1C(=O)c2ccccc2C1=O)N[C@H](O)C(Cl)(Cl)Cl. The molecule has 1 aromatic rings. The van der Waals surface area contributed by atoms with Crippen molar-refractivity contribution in [1.82, 2.24) is 10.2 Å². The van der Waals surface area contributed by atoms with Crippen molar-refractivity contribution in [3.8, 4) is 0 Å². The van der Waals surface area contributed by atoms with Gasteiger partial charge in [-0.25, -0.2) is 0 Å². The highest BCUT2D eigenvalue weighted by Crippen LogP contribution is 2.29. The average Bonchev–Trinajstić information content (AvgIpc) is 2.63. The van der Waals surface area contributed by atoms with Gasteiger partial charge in [0.1, 0.15) is 6.54 Å². The Bertz CT molecular complexity index is 580. The van der Waals surface area contributed by atoms with E-state index in [0.717, 1.165) is 4.90 Å². The lowest BCUT2D eigenvalue weighted by atomic mass is 10.1. The third-order valence-corrected chi connectivity index (χ3v) is 3.41. The van der Waals surface area contributed by atoms with Crippen molar-refractivity contribution in [1.29, 1.82) is 0 Å². The second-order valence-corrected chi connectivity index (χ2v) is 6.62. The molecule has 1 heterocycles. The summed E-state index contributed by atoms with van der Waals surface area (Å²) < 4.78 is -2.11. The van der Waals surface area contributed by atoms with Crippen LogP contribution in [-0.4, -0.2) is 44.3 Å². The molecule has 1 aliphatic heterocycles. The van der Waals surface area contributed by atoms with Gasteiger partial charge >= 0.3 is 0 Å². The van der Waals surface area contributed by atoms with Crippen molar-refractivity contribution < 1.29 is 19.5 Å². The summed E-state index contributed by atoms with van der Waals surface area (Å²) in [7, 11) is 0. The number of aliphatic hydroxyl groups is 1. The van der Waals surface area contributed by atoms with E-state index in [1.807, 2.05) is 5.32 Å². The van der Waals surface area contributed by atoms with E-state index in [9.17, 15) is 19.5 Å². The summed E-state index contributed by atoms with van der Waals surface area (Å²) in [4.78, 5) is 36.5. The van der Waals surface area contributed by atoms with Crippen LogP contribution in [-0.2, 0) is 4.79 Å². The molecule has 0 radical (unpaired) electrons. The van der Waals surface area contributed by atoms with Gasteiger partial charge in [0.2, 0.25) is 9.70 Å². The molecule has 1 aromatic carbocycles. The largest absolute Gasteiger partial charge is 0.369 e. The monoisotopic (exact) mass is 350 g/mol. The maximum absolute atomic E-state index is 12.0. The molecule has 0 fully saturated rings. The number of alkyl halides is 3. The number of fused-ring (bicyclic) bond motifs is 1. The summed E-state index contributed by atoms with van der Waals surface area (Å²) in [5.41, 5.74) is 0.439. The van der Waals surface area contributed by atoms with Gasteiger partial charge in [0, 0.05) is 0 Å². The number of nitrogens with zero attached hydrogens (tertiary/aromatic N) is 1. The standard InChI is InChI=1S/C12H9Cl3N2O4/c13-12(14,15)11(21)16-8(18)5-17-9(19)6-3-1-2-4-7(6)10(17)20/h1-4,11,21H,5H2,(H,16,18)/t11-/m1/s1. The van der Waals surface area contributed by atoms with Gasteiger partial charge in [-0.05, 0) is 12.1 Å². The van der Waals surface area contributed by atoms with E-state index < -0.39 is 34.3 Å². The summed E-state index contributed by atoms with van der Waals surface area (Å²) in [5, 5.41) is 11.4. The number of carbonyl (C=O) groups is 3. The fourth-order valence-corrected chi connectivity index (χ4v) is 1.97. The van der Waals surface area contributed by atoms with Crippen LogP contribution in [0.3, 0.4) is 0 Å². The number of hydrogen-bond acceptors (Lipinski definition) is 4. The zero-order valence-corrected chi connectivity index (χ0v) is 12.6. The first-order valence-corrected chi connectivity index (χ1v) is 6.84. The van der Waals surface area contributed by atoms with Crippen LogP contribution in [0.25, 0.3) is 0 Å². The Kier molecular flexibility index (Phi) is 4.43. The van der Waals surface area contributed by atoms with E-state index in [-0.39, 0.29) is 11.1 Å². The van der Waals surface area contributed by atoms with Gasteiger partial charge in [0.05, 0.1) is 11.1 Å². The molecule has 0 saturated carbocycles. The van der Waals surface area contributed by atoms with Crippen molar-refractivity contribution in [2.75, 3.05) is 6.54 Å². The third-order valence-electron chi connectivity index (χ3n) is 2.79. The first-order chi connectivity index (χ1) is 9.71. The number of nitrogens with one attached hydrogen (secondary N) is 1. The van der Waals surface area contributed by atoms with E-state index in [4.69, 9.17) is 34.8 Å². The molecule has 2 rings (SSSR count). The Morgan fingerprint density at radius 3 is 2.10 bits per heavy atom. The second kappa shape index (κ2) is 5.81. The van der Waals surface area contributed by atoms with Crippen molar-refractivity contribution in [3.63, 3.8) is 0 Å². The van der Waals surface area contributed by atoms with E-state index in [0.29, 0.717) is 0 Å². The molecule has 9 heteroatoms. The van der Waals surface area contributed by atoms with Crippen LogP contribution in [0.1, 0.15) is 20.7 Å². The lowest BCUT2D eigenvalue weighted by Gasteiger charge is -2.21. The maximum Gasteiger partial charge on any atom is 0.262 e. The molecule has 112 valence electrons. The zero-order valence-electron chi connectivity index (χ0n) is 10.3. The molecule has 3 amide bonds. The Morgan fingerprint density at radius 2 is 1.67 bits per heavy atom. The van der Waals surface area contributed by atoms with Gasteiger partial charge in [0.15, 0.2) is 6.23 Å². The third kappa shape index (κ3) is 3.29. The van der Waals surface area contributed by atoms with E-state index in [1.165, 1.54) is 12.1 Å². The van der Waals surface area contributed by atoms with Crippen LogP contribution in [0, 0.1) is 0 Å². The second-order valence-electron chi connectivity index (χ2n) is 4.25. The fourth-order valence-electron chi connectivity index (χ4n) is 1.81. The van der Waals surface area contributed by atoms with Gasteiger partial charge in [0.25, 0.3) is 11.8 Å². The van der Waals surface area contributed by atoms with Gasteiger partial charge < -0.3 is 10.4 Å². The fraction of sp³-hybridized carbons (Fsp3) is 0.250. The molecule has 1 atom stereocenters. The van der Waals surface area contributed by atoms with E-state index in [2.05, 4.69) is 0 Å². The number of amides is 3. The minimum absolute atomic E-state index is 0.220. The molecule has 0 aromatic heterocycles. The van der Waals surface area contributed by atoms with Crippen molar-refractivity contribution >= 4 is 52.5 Å². The summed E-state index contributed by atoms with van der Waals surface area (Å²) in [6, 6.07) is 6.20. The highest BCUT2D eigenvalue weighted by molar-refractivity contribution is 6.68. The van der Waals surface area contributed by atoms with Crippen LogP contribution in [0.4, 0.5) is 0 Å².